The predicted octanol–water partition coefficient (Wildman–Crippen LogP) is -5.54. The highest BCUT2D eigenvalue weighted by atomic mass is 16.4. The van der Waals surface area contributed by atoms with Gasteiger partial charge in [-0.2, -0.15) is 0 Å². The third-order valence-electron chi connectivity index (χ3n) is 10.4. The van der Waals surface area contributed by atoms with Gasteiger partial charge >= 0.3 is 23.9 Å². The van der Waals surface area contributed by atoms with Crippen molar-refractivity contribution in [2.45, 2.75) is 152 Å². The van der Waals surface area contributed by atoms with E-state index in [-0.39, 0.29) is 50.7 Å². The Morgan fingerprint density at radius 3 is 1.49 bits per heavy atom. The maximum Gasteiger partial charge on any atom is 0.328 e. The van der Waals surface area contributed by atoms with Gasteiger partial charge in [0.1, 0.15) is 36.3 Å². The van der Waals surface area contributed by atoms with E-state index in [1.165, 1.54) is 0 Å². The first-order valence-electron chi connectivity index (χ1n) is 22.0. The van der Waals surface area contributed by atoms with Crippen molar-refractivity contribution in [2.75, 3.05) is 13.1 Å². The van der Waals surface area contributed by atoms with Crippen molar-refractivity contribution in [3.63, 3.8) is 0 Å². The smallest absolute Gasteiger partial charge is 0.328 e. The Labute approximate surface area is 395 Å². The molecule has 0 aliphatic carbocycles. The molecule has 9 atom stereocenters. The van der Waals surface area contributed by atoms with Gasteiger partial charge in [-0.15, -0.1) is 0 Å². The number of hydrogen-bond donors (Lipinski definition) is 16. The van der Waals surface area contributed by atoms with Crippen LogP contribution in [0.4, 0.5) is 0 Å². The molecule has 1 aliphatic rings. The number of aliphatic hydroxyl groups excluding tert-OH is 1. The van der Waals surface area contributed by atoms with Gasteiger partial charge in [-0.3, -0.25) is 58.1 Å². The number of primary amides is 1. The molecular weight excluding hydrogens is 921 g/mol. The third kappa shape index (κ3) is 22.5. The van der Waals surface area contributed by atoms with Crippen LogP contribution in [0.15, 0.2) is 0 Å². The standard InChI is InChI=1S/C40H66N12O17/c1-18(2)16-24(49-37(66)26-7-5-15-52(26)38(67)25(17-27(42)54)50-32(61)20(41)6-4-14-45-40(43)44)36(65)48-22(9-12-29(57)58)34(63)46-21(8-11-28(55)56)33(62)47-23(10-13-30(59)60)35(64)51-31(19(3)53)39(68)69/h18-26,31,53H,4-17,41H2,1-3H3,(H2,42,54)(H,46,63)(H,47,62)(H,48,65)(H,49,66)(H,50,61)(H,51,64)(H,55,56)(H,57,58)(H,59,60)(H,68,69)(H4,43,44,45)/t19-,20+,21+,22+,23+,24+,25+,26+,31+/m1/s1. The van der Waals surface area contributed by atoms with Gasteiger partial charge in [0.25, 0.3) is 0 Å². The van der Waals surface area contributed by atoms with Crippen LogP contribution in [0.5, 0.6) is 0 Å². The molecule has 1 rings (SSSR count). The number of guanidine groups is 1. The summed E-state index contributed by atoms with van der Waals surface area (Å²) in [5.74, 6) is -14.9. The minimum Gasteiger partial charge on any atom is -0.481 e. The summed E-state index contributed by atoms with van der Waals surface area (Å²) in [6.07, 6.45) is -5.90. The number of carboxylic acid groups (broad SMARTS) is 4. The largest absolute Gasteiger partial charge is 0.481 e. The van der Waals surface area contributed by atoms with Crippen molar-refractivity contribution in [3.05, 3.63) is 0 Å². The Morgan fingerprint density at radius 2 is 1.09 bits per heavy atom. The fourth-order valence-corrected chi connectivity index (χ4v) is 6.90. The predicted molar refractivity (Wildman–Crippen MR) is 237 cm³/mol. The molecule has 0 saturated carbocycles. The number of carboxylic acids is 4. The van der Waals surface area contributed by atoms with Crippen molar-refractivity contribution in [2.24, 2.45) is 23.1 Å². The Kier molecular flexibility index (Phi) is 25.6. The molecule has 1 aliphatic heterocycles. The number of nitrogens with zero attached hydrogens (tertiary/aromatic N) is 1. The number of nitrogens with two attached hydrogens (primary N) is 3. The molecule has 0 aromatic rings. The summed E-state index contributed by atoms with van der Waals surface area (Å²) in [6, 6.07) is -12.7. The van der Waals surface area contributed by atoms with Gasteiger partial charge in [0.15, 0.2) is 12.0 Å². The van der Waals surface area contributed by atoms with Crippen LogP contribution in [0, 0.1) is 11.3 Å². The van der Waals surface area contributed by atoms with Gasteiger partial charge in [-0.05, 0) is 64.2 Å². The van der Waals surface area contributed by atoms with Crippen LogP contribution in [0.1, 0.15) is 97.8 Å². The fraction of sp³-hybridized carbons (Fsp3) is 0.675. The van der Waals surface area contributed by atoms with Crippen LogP contribution in [0.25, 0.3) is 0 Å². The maximum absolute atomic E-state index is 13.9. The van der Waals surface area contributed by atoms with Crippen LogP contribution in [-0.2, 0) is 57.5 Å². The molecule has 0 aromatic carbocycles. The first kappa shape index (κ1) is 59.8. The molecule has 29 nitrogen and oxygen atoms in total. The van der Waals surface area contributed by atoms with Gasteiger partial charge < -0.3 is 84.9 Å². The van der Waals surface area contributed by atoms with Crippen molar-refractivity contribution in [1.82, 2.24) is 42.1 Å². The molecule has 0 spiro atoms. The van der Waals surface area contributed by atoms with Crippen LogP contribution in [0.3, 0.4) is 0 Å². The molecule has 19 N–H and O–H groups in total. The summed E-state index contributed by atoms with van der Waals surface area (Å²) in [7, 11) is 0. The van der Waals surface area contributed by atoms with E-state index in [9.17, 15) is 83.1 Å². The Hall–Kier alpha value is -7.17. The molecule has 0 aromatic heterocycles. The molecule has 0 bridgehead atoms. The number of carbonyl (C=O) groups excluding carboxylic acids is 8. The summed E-state index contributed by atoms with van der Waals surface area (Å²) in [5.41, 5.74) is 16.6. The lowest BCUT2D eigenvalue weighted by atomic mass is 10.0. The highest BCUT2D eigenvalue weighted by Gasteiger charge is 2.40. The number of rotatable bonds is 32. The lowest BCUT2D eigenvalue weighted by Crippen LogP contribution is -2.60. The molecule has 0 unspecified atom stereocenters. The van der Waals surface area contributed by atoms with Crippen LogP contribution in [0.2, 0.25) is 0 Å². The number of aliphatic carboxylic acids is 4. The second-order valence-electron chi connectivity index (χ2n) is 16.7. The summed E-state index contributed by atoms with van der Waals surface area (Å²) in [5, 5.41) is 70.7. The van der Waals surface area contributed by atoms with Crippen molar-refractivity contribution >= 4 is 77.1 Å². The Morgan fingerprint density at radius 1 is 0.638 bits per heavy atom. The molecule has 1 fully saturated rings. The highest BCUT2D eigenvalue weighted by molar-refractivity contribution is 5.99. The second kappa shape index (κ2) is 29.6. The van der Waals surface area contributed by atoms with E-state index in [0.29, 0.717) is 6.42 Å². The number of nitrogens with one attached hydrogen (secondary N) is 8. The van der Waals surface area contributed by atoms with E-state index in [2.05, 4.69) is 31.9 Å². The highest BCUT2D eigenvalue weighted by Crippen LogP contribution is 2.21. The van der Waals surface area contributed by atoms with E-state index < -0.39 is 171 Å². The zero-order valence-corrected chi connectivity index (χ0v) is 38.5. The Bertz CT molecular complexity index is 1900. The van der Waals surface area contributed by atoms with Crippen molar-refractivity contribution in [1.29, 1.82) is 5.41 Å². The maximum atomic E-state index is 13.9. The van der Waals surface area contributed by atoms with E-state index >= 15 is 0 Å². The number of aliphatic hydroxyl groups is 1. The fourth-order valence-electron chi connectivity index (χ4n) is 6.90. The number of likely N-dealkylation sites (tertiary alicyclic amines) is 1. The SMILES string of the molecule is CC(C)C[C@H](NC(=O)[C@@H]1CCCN1C(=O)[C@H](CC(N)=O)NC(=O)[C@@H](N)CCCNC(=N)N)C(=O)N[C@@H](CCC(=O)O)C(=O)N[C@@H](CCC(=O)O)C(=O)N[C@@H](CCC(=O)O)C(=O)N[C@H](C(=O)O)[C@@H](C)O. The van der Waals surface area contributed by atoms with E-state index in [1.54, 1.807) is 13.8 Å². The molecule has 69 heavy (non-hydrogen) atoms. The molecule has 8 amide bonds. The molecule has 1 saturated heterocycles. The summed E-state index contributed by atoms with van der Waals surface area (Å²) < 4.78 is 0. The summed E-state index contributed by atoms with van der Waals surface area (Å²) in [4.78, 5) is 154. The van der Waals surface area contributed by atoms with Crippen LogP contribution >= 0.6 is 0 Å². The lowest BCUT2D eigenvalue weighted by molar-refractivity contribution is -0.145. The molecule has 29 heteroatoms. The monoisotopic (exact) mass is 986 g/mol. The Balaban J connectivity index is 3.40. The molecule has 0 radical (unpaired) electrons. The zero-order valence-electron chi connectivity index (χ0n) is 38.5. The molecular formula is C40H66N12O17. The minimum atomic E-state index is -1.91. The zero-order chi connectivity index (χ0) is 52.7. The van der Waals surface area contributed by atoms with Gasteiger partial charge in [-0.25, -0.2) is 4.79 Å². The van der Waals surface area contributed by atoms with Crippen molar-refractivity contribution in [3.8, 4) is 0 Å². The van der Waals surface area contributed by atoms with E-state index in [1.807, 2.05) is 5.32 Å². The van der Waals surface area contributed by atoms with Gasteiger partial charge in [0.05, 0.1) is 18.6 Å². The van der Waals surface area contributed by atoms with Crippen LogP contribution < -0.4 is 54.4 Å². The van der Waals surface area contributed by atoms with Gasteiger partial charge in [0.2, 0.25) is 47.3 Å². The van der Waals surface area contributed by atoms with E-state index in [0.717, 1.165) is 11.8 Å². The van der Waals surface area contributed by atoms with Gasteiger partial charge in [-0.1, -0.05) is 13.8 Å². The number of hydrogen-bond acceptors (Lipinski definition) is 15. The summed E-state index contributed by atoms with van der Waals surface area (Å²) >= 11 is 0. The normalized spacial score (nSPS) is 16.7. The number of amides is 8. The first-order valence-corrected chi connectivity index (χ1v) is 22.0. The quantitative estimate of drug-likeness (QED) is 0.0170. The second-order valence-corrected chi connectivity index (χ2v) is 16.7. The van der Waals surface area contributed by atoms with Crippen LogP contribution in [-0.4, -0.2) is 175 Å². The van der Waals surface area contributed by atoms with Gasteiger partial charge in [0, 0.05) is 32.4 Å². The lowest BCUT2D eigenvalue weighted by Gasteiger charge is -2.30. The average molecular weight is 987 g/mol. The topological polar surface area (TPSA) is 495 Å². The average Bonchev–Trinajstić information content (AvgIpc) is 3.74. The third-order valence-corrected chi connectivity index (χ3v) is 10.4. The molecule has 388 valence electrons. The number of carbonyl (C=O) groups is 12. The van der Waals surface area contributed by atoms with E-state index in [4.69, 9.17) is 22.6 Å². The minimum absolute atomic E-state index is 0.0182. The first-order chi connectivity index (χ1) is 32.1. The molecule has 1 heterocycles. The van der Waals surface area contributed by atoms with Crippen molar-refractivity contribution < 1.29 is 83.1 Å². The summed E-state index contributed by atoms with van der Waals surface area (Å²) in [6.45, 7) is 4.59.